The van der Waals surface area contributed by atoms with Crippen molar-refractivity contribution >= 4 is 28.6 Å². The fourth-order valence-electron chi connectivity index (χ4n) is 6.25. The molecule has 1 aliphatic heterocycles. The Balaban J connectivity index is 1.12. The number of urea groups is 1. The molecule has 2 aliphatic rings. The highest BCUT2D eigenvalue weighted by Gasteiger charge is 2.32. The number of benzene rings is 3. The van der Waals surface area contributed by atoms with E-state index in [2.05, 4.69) is 56.0 Å². The molecule has 9 nitrogen and oxygen atoms in total. The number of carbonyl (C=O) groups is 1. The number of thioether (sulfide) groups is 1. The molecule has 1 N–H and O–H groups in total. The predicted octanol–water partition coefficient (Wildman–Crippen LogP) is 8.31. The van der Waals surface area contributed by atoms with Crippen molar-refractivity contribution in [2.75, 3.05) is 24.3 Å². The molecular weight excluding hydrogens is 641 g/mol. The summed E-state index contributed by atoms with van der Waals surface area (Å²) in [5, 5.41) is 8.41. The molecule has 48 heavy (non-hydrogen) atoms. The minimum Gasteiger partial charge on any atom is -0.497 e. The third kappa shape index (κ3) is 7.78. The highest BCUT2D eigenvalue weighted by Crippen LogP contribution is 2.37. The monoisotopic (exact) mass is 678 g/mol. The Morgan fingerprint density at radius 1 is 1.02 bits per heavy atom. The molecule has 3 aromatic carbocycles. The smallest absolute Gasteiger partial charge is 0.497 e. The number of rotatable bonds is 8. The van der Waals surface area contributed by atoms with Gasteiger partial charge >= 0.3 is 12.4 Å². The molecule has 1 aliphatic carbocycles. The molecule has 2 atom stereocenters. The highest BCUT2D eigenvalue weighted by molar-refractivity contribution is 8.14. The first-order valence-electron chi connectivity index (χ1n) is 15.9. The van der Waals surface area contributed by atoms with Gasteiger partial charge in [-0.15, -0.1) is 18.3 Å². The van der Waals surface area contributed by atoms with Crippen LogP contribution in [0.4, 0.5) is 23.7 Å². The summed E-state index contributed by atoms with van der Waals surface area (Å²) in [4.78, 5) is 24.5. The van der Waals surface area contributed by atoms with Crippen LogP contribution in [0.3, 0.4) is 0 Å². The van der Waals surface area contributed by atoms with Crippen molar-refractivity contribution < 1.29 is 27.4 Å². The molecule has 1 saturated heterocycles. The second-order valence-electron chi connectivity index (χ2n) is 12.1. The van der Waals surface area contributed by atoms with E-state index in [1.165, 1.54) is 35.3 Å². The maximum atomic E-state index is 13.3. The molecule has 4 aromatic rings. The largest absolute Gasteiger partial charge is 0.573 e. The van der Waals surface area contributed by atoms with Gasteiger partial charge in [-0.25, -0.2) is 14.5 Å². The van der Waals surface area contributed by atoms with Crippen LogP contribution in [0.2, 0.25) is 0 Å². The fraction of sp³-hybridized carbons (Fsp3) is 0.371. The molecule has 2 fully saturated rings. The van der Waals surface area contributed by atoms with Crippen LogP contribution in [0.5, 0.6) is 11.5 Å². The van der Waals surface area contributed by atoms with E-state index in [-0.39, 0.29) is 29.7 Å². The maximum absolute atomic E-state index is 13.3. The number of halogens is 3. The van der Waals surface area contributed by atoms with Gasteiger partial charge in [0.05, 0.1) is 12.8 Å². The van der Waals surface area contributed by atoms with E-state index in [1.807, 2.05) is 30.3 Å². The van der Waals surface area contributed by atoms with Crippen LogP contribution in [0.25, 0.3) is 17.1 Å². The van der Waals surface area contributed by atoms with Crippen LogP contribution < -0.4 is 19.7 Å². The van der Waals surface area contributed by atoms with Crippen molar-refractivity contribution in [3.63, 3.8) is 0 Å². The first-order chi connectivity index (χ1) is 23.1. The first-order valence-corrected chi connectivity index (χ1v) is 16.9. The lowest BCUT2D eigenvalue weighted by Gasteiger charge is -2.32. The zero-order valence-electron chi connectivity index (χ0n) is 26.9. The molecule has 1 saturated carbocycles. The van der Waals surface area contributed by atoms with Gasteiger partial charge in [-0.3, -0.25) is 0 Å². The highest BCUT2D eigenvalue weighted by atomic mass is 32.2. The van der Waals surface area contributed by atoms with Crippen molar-refractivity contribution in [3.8, 4) is 28.6 Å². The lowest BCUT2D eigenvalue weighted by Crippen LogP contribution is -2.39. The van der Waals surface area contributed by atoms with Crippen molar-refractivity contribution in [1.29, 1.82) is 0 Å². The van der Waals surface area contributed by atoms with E-state index >= 15 is 0 Å². The second kappa shape index (κ2) is 14.3. The van der Waals surface area contributed by atoms with E-state index in [0.717, 1.165) is 66.1 Å². The molecule has 2 heterocycles. The summed E-state index contributed by atoms with van der Waals surface area (Å²) in [5.74, 6) is 2.31. The zero-order valence-corrected chi connectivity index (χ0v) is 27.7. The van der Waals surface area contributed by atoms with Crippen LogP contribution >= 0.6 is 11.8 Å². The molecule has 2 amide bonds. The van der Waals surface area contributed by atoms with E-state index in [9.17, 15) is 18.0 Å². The van der Waals surface area contributed by atoms with Crippen LogP contribution in [-0.2, 0) is 0 Å². The van der Waals surface area contributed by atoms with Gasteiger partial charge in [0.15, 0.2) is 11.0 Å². The SMILES string of the molecule is COc1ccc(N2CCCS/C2=N\C(=O)NC2CCCC2c2ccc(-c3ncn(-c4ccc(OC(F)(F)F)cc4)n3)cc2)c(C(C)C)c1. The Bertz CT molecular complexity index is 1760. The number of aromatic nitrogens is 3. The number of amides is 2. The molecule has 13 heteroatoms. The minimum absolute atomic E-state index is 0.0383. The summed E-state index contributed by atoms with van der Waals surface area (Å²) >= 11 is 1.61. The van der Waals surface area contributed by atoms with Gasteiger partial charge in [-0.05, 0) is 78.8 Å². The molecule has 6 rings (SSSR count). The molecular formula is C35H37F3N6O3S. The number of alkyl halides is 3. The normalized spacial score (nSPS) is 19.1. The van der Waals surface area contributed by atoms with Gasteiger partial charge < -0.3 is 19.7 Å². The number of aliphatic imine (C=N–C) groups is 1. The number of hydrogen-bond donors (Lipinski definition) is 1. The Hall–Kier alpha value is -4.52. The van der Waals surface area contributed by atoms with Crippen molar-refractivity contribution in [2.45, 2.75) is 63.8 Å². The van der Waals surface area contributed by atoms with Crippen LogP contribution in [0.1, 0.15) is 62.5 Å². The zero-order chi connectivity index (χ0) is 33.8. The average Bonchev–Trinajstić information content (AvgIpc) is 3.75. The van der Waals surface area contributed by atoms with Gasteiger partial charge in [0.25, 0.3) is 0 Å². The third-order valence-corrected chi connectivity index (χ3v) is 9.64. The van der Waals surface area contributed by atoms with Gasteiger partial charge in [0, 0.05) is 35.5 Å². The molecule has 0 bridgehead atoms. The van der Waals surface area contributed by atoms with E-state index in [1.54, 1.807) is 18.9 Å². The standard InChI is InChI=1S/C35H37F3N6O3S/c1-22(2)29-20-27(46-3)16-17-31(29)43-18-5-19-48-34(43)41-33(45)40-30-7-4-6-28(30)23-8-10-24(11-9-23)32-39-21-44(42-32)25-12-14-26(15-13-25)47-35(36,37)38/h8-17,20-22,28,30H,4-7,18-19H2,1-3H3,(H,40,45)/b41-34-. The summed E-state index contributed by atoms with van der Waals surface area (Å²) in [6, 6.07) is 19.1. The van der Waals surface area contributed by atoms with E-state index < -0.39 is 6.36 Å². The number of anilines is 1. The van der Waals surface area contributed by atoms with Gasteiger partial charge in [0.1, 0.15) is 17.8 Å². The molecule has 1 aromatic heterocycles. The summed E-state index contributed by atoms with van der Waals surface area (Å²) < 4.78 is 48.4. The Kier molecular flexibility index (Phi) is 9.95. The second-order valence-corrected chi connectivity index (χ2v) is 13.2. The lowest BCUT2D eigenvalue weighted by molar-refractivity contribution is -0.274. The topological polar surface area (TPSA) is 93.9 Å². The van der Waals surface area contributed by atoms with Crippen molar-refractivity contribution in [3.05, 3.63) is 84.2 Å². The first kappa shape index (κ1) is 33.4. The van der Waals surface area contributed by atoms with Crippen LogP contribution in [0.15, 0.2) is 78.0 Å². The van der Waals surface area contributed by atoms with Crippen molar-refractivity contribution in [2.24, 2.45) is 4.99 Å². The number of carbonyl (C=O) groups excluding carboxylic acids is 1. The summed E-state index contributed by atoms with van der Waals surface area (Å²) in [6.45, 7) is 5.09. The minimum atomic E-state index is -4.75. The van der Waals surface area contributed by atoms with Crippen molar-refractivity contribution in [1.82, 2.24) is 20.1 Å². The number of hydrogen-bond acceptors (Lipinski definition) is 6. The molecule has 2 unspecified atom stereocenters. The number of nitrogens with one attached hydrogen (secondary N) is 1. The lowest BCUT2D eigenvalue weighted by atomic mass is 9.93. The summed E-state index contributed by atoms with van der Waals surface area (Å²) in [6.07, 6.45) is 0.577. The fourth-order valence-corrected chi connectivity index (χ4v) is 7.20. The molecule has 0 spiro atoms. The Morgan fingerprint density at radius 3 is 2.48 bits per heavy atom. The van der Waals surface area contributed by atoms with E-state index in [0.29, 0.717) is 16.7 Å². The van der Waals surface area contributed by atoms with Crippen LogP contribution in [-0.4, -0.2) is 57.8 Å². The number of methoxy groups -OCH3 is 1. The quantitative estimate of drug-likeness (QED) is 0.200. The van der Waals surface area contributed by atoms with Gasteiger partial charge in [0.2, 0.25) is 0 Å². The summed E-state index contributed by atoms with van der Waals surface area (Å²) in [7, 11) is 1.67. The average molecular weight is 679 g/mol. The van der Waals surface area contributed by atoms with Gasteiger partial charge in [-0.1, -0.05) is 56.3 Å². The third-order valence-electron chi connectivity index (χ3n) is 8.58. The number of nitrogens with zero attached hydrogens (tertiary/aromatic N) is 5. The molecule has 252 valence electrons. The number of ether oxygens (including phenoxy) is 2. The maximum Gasteiger partial charge on any atom is 0.573 e. The van der Waals surface area contributed by atoms with E-state index in [4.69, 9.17) is 4.74 Å². The van der Waals surface area contributed by atoms with Gasteiger partial charge in [-0.2, -0.15) is 4.99 Å². The molecule has 0 radical (unpaired) electrons. The Morgan fingerprint density at radius 2 is 1.77 bits per heavy atom. The Labute approximate surface area is 281 Å². The van der Waals surface area contributed by atoms with Crippen LogP contribution in [0, 0.1) is 0 Å². The number of amidine groups is 1. The predicted molar refractivity (Wildman–Crippen MR) is 181 cm³/mol. The summed E-state index contributed by atoms with van der Waals surface area (Å²) in [5.41, 5.74) is 4.67.